The zero-order valence-electron chi connectivity index (χ0n) is 11.6. The first kappa shape index (κ1) is 14.1. The van der Waals surface area contributed by atoms with Gasteiger partial charge in [0.2, 0.25) is 0 Å². The molecule has 0 saturated heterocycles. The van der Waals surface area contributed by atoms with Gasteiger partial charge in [-0.05, 0) is 47.5 Å². The molecule has 0 N–H and O–H groups in total. The summed E-state index contributed by atoms with van der Waals surface area (Å²) < 4.78 is 2.20. The second-order valence-corrected chi connectivity index (χ2v) is 6.04. The van der Waals surface area contributed by atoms with Crippen molar-refractivity contribution in [2.24, 2.45) is 0 Å². The molecule has 1 unspecified atom stereocenters. The second-order valence-electron chi connectivity index (χ2n) is 4.88. The van der Waals surface area contributed by atoms with E-state index in [0.29, 0.717) is 17.9 Å². The van der Waals surface area contributed by atoms with E-state index in [1.54, 1.807) is 17.4 Å². The fourth-order valence-electron chi connectivity index (χ4n) is 2.57. The van der Waals surface area contributed by atoms with Crippen LogP contribution in [-0.4, -0.2) is 15.4 Å². The lowest BCUT2D eigenvalue weighted by atomic mass is 10.1. The molecule has 3 rings (SSSR count). The smallest absolute Gasteiger partial charge is 0.111 e. The third kappa shape index (κ3) is 2.55. The Hall–Kier alpha value is -1.83. The maximum Gasteiger partial charge on any atom is 0.111 e. The van der Waals surface area contributed by atoms with Gasteiger partial charge >= 0.3 is 0 Å². The van der Waals surface area contributed by atoms with Crippen molar-refractivity contribution in [1.82, 2.24) is 9.55 Å². The summed E-state index contributed by atoms with van der Waals surface area (Å²) in [6, 6.07) is 10.1. The van der Waals surface area contributed by atoms with Crippen molar-refractivity contribution in [2.45, 2.75) is 19.4 Å². The molecule has 0 spiro atoms. The normalized spacial score (nSPS) is 12.4. The SMILES string of the molecule is CC(c1ccsc1)n1c(CCCl)nc2ccc(C#N)cc21. The molecule has 0 saturated carbocycles. The van der Waals surface area contributed by atoms with Crippen molar-refractivity contribution in [1.29, 1.82) is 5.26 Å². The Balaban J connectivity index is 2.21. The summed E-state index contributed by atoms with van der Waals surface area (Å²) in [5.41, 5.74) is 3.81. The summed E-state index contributed by atoms with van der Waals surface area (Å²) in [6.07, 6.45) is 0.715. The van der Waals surface area contributed by atoms with Crippen LogP contribution in [0.25, 0.3) is 11.0 Å². The van der Waals surface area contributed by atoms with Crippen molar-refractivity contribution in [2.75, 3.05) is 5.88 Å². The van der Waals surface area contributed by atoms with Crippen molar-refractivity contribution in [3.05, 3.63) is 52.0 Å². The molecule has 2 aromatic heterocycles. The molecule has 0 aliphatic rings. The Morgan fingerprint density at radius 2 is 2.29 bits per heavy atom. The molecule has 106 valence electrons. The third-order valence-electron chi connectivity index (χ3n) is 3.62. The van der Waals surface area contributed by atoms with Gasteiger partial charge in [-0.2, -0.15) is 16.6 Å². The third-order valence-corrected chi connectivity index (χ3v) is 4.51. The van der Waals surface area contributed by atoms with Crippen LogP contribution in [0.1, 0.15) is 29.9 Å². The van der Waals surface area contributed by atoms with Gasteiger partial charge < -0.3 is 4.57 Å². The fourth-order valence-corrected chi connectivity index (χ4v) is 3.48. The summed E-state index contributed by atoms with van der Waals surface area (Å²) in [6.45, 7) is 2.15. The van der Waals surface area contributed by atoms with E-state index in [9.17, 15) is 0 Å². The lowest BCUT2D eigenvalue weighted by molar-refractivity contribution is 0.625. The molecule has 21 heavy (non-hydrogen) atoms. The Labute approximate surface area is 132 Å². The minimum atomic E-state index is 0.174. The van der Waals surface area contributed by atoms with E-state index in [4.69, 9.17) is 16.9 Å². The highest BCUT2D eigenvalue weighted by atomic mass is 35.5. The van der Waals surface area contributed by atoms with E-state index in [0.717, 1.165) is 16.9 Å². The first-order chi connectivity index (χ1) is 10.2. The van der Waals surface area contributed by atoms with Crippen LogP contribution in [-0.2, 0) is 6.42 Å². The molecule has 1 atom stereocenters. The van der Waals surface area contributed by atoms with E-state index < -0.39 is 0 Å². The lowest BCUT2D eigenvalue weighted by Crippen LogP contribution is -2.10. The van der Waals surface area contributed by atoms with Crippen molar-refractivity contribution < 1.29 is 0 Å². The fraction of sp³-hybridized carbons (Fsp3) is 0.250. The second kappa shape index (κ2) is 5.88. The van der Waals surface area contributed by atoms with E-state index in [-0.39, 0.29) is 6.04 Å². The van der Waals surface area contributed by atoms with Crippen LogP contribution in [0, 0.1) is 11.3 Å². The van der Waals surface area contributed by atoms with Gasteiger partial charge in [-0.25, -0.2) is 4.98 Å². The number of thiophene rings is 1. The summed E-state index contributed by atoms with van der Waals surface area (Å²) in [4.78, 5) is 4.68. The number of fused-ring (bicyclic) bond motifs is 1. The van der Waals surface area contributed by atoms with Crippen LogP contribution in [0.5, 0.6) is 0 Å². The number of alkyl halides is 1. The van der Waals surface area contributed by atoms with Crippen LogP contribution >= 0.6 is 22.9 Å². The number of nitriles is 1. The maximum absolute atomic E-state index is 9.12. The molecule has 3 aromatic rings. The first-order valence-corrected chi connectivity index (χ1v) is 8.21. The van der Waals surface area contributed by atoms with Crippen LogP contribution in [0.3, 0.4) is 0 Å². The zero-order chi connectivity index (χ0) is 14.8. The van der Waals surface area contributed by atoms with Gasteiger partial charge in [0.25, 0.3) is 0 Å². The molecule has 3 nitrogen and oxygen atoms in total. The van der Waals surface area contributed by atoms with Gasteiger partial charge in [0.05, 0.1) is 28.7 Å². The average Bonchev–Trinajstić information content (AvgIpc) is 3.13. The Bertz CT molecular complexity index is 799. The minimum Gasteiger partial charge on any atom is -0.321 e. The monoisotopic (exact) mass is 315 g/mol. The summed E-state index contributed by atoms with van der Waals surface area (Å²) in [7, 11) is 0. The van der Waals surface area contributed by atoms with Crippen LogP contribution in [0.2, 0.25) is 0 Å². The summed E-state index contributed by atoms with van der Waals surface area (Å²) >= 11 is 7.61. The number of aryl methyl sites for hydroxylation is 1. The predicted octanol–water partition coefficient (Wildman–Crippen LogP) is 4.36. The van der Waals surface area contributed by atoms with Gasteiger partial charge in [0.1, 0.15) is 5.82 Å². The molecule has 2 heterocycles. The number of rotatable bonds is 4. The average molecular weight is 316 g/mol. The molecule has 0 radical (unpaired) electrons. The van der Waals surface area contributed by atoms with Crippen LogP contribution in [0.4, 0.5) is 0 Å². The Morgan fingerprint density at radius 1 is 1.43 bits per heavy atom. The van der Waals surface area contributed by atoms with Crippen molar-refractivity contribution >= 4 is 34.0 Å². The van der Waals surface area contributed by atoms with Crippen LogP contribution in [0.15, 0.2) is 35.0 Å². The number of benzene rings is 1. The lowest BCUT2D eigenvalue weighted by Gasteiger charge is -2.16. The predicted molar refractivity (Wildman–Crippen MR) is 87.0 cm³/mol. The van der Waals surface area contributed by atoms with Gasteiger partial charge in [0.15, 0.2) is 0 Å². The molecule has 0 aliphatic heterocycles. The number of aromatic nitrogens is 2. The van der Waals surface area contributed by atoms with Crippen molar-refractivity contribution in [3.8, 4) is 6.07 Å². The summed E-state index contributed by atoms with van der Waals surface area (Å²) in [5.74, 6) is 1.50. The quantitative estimate of drug-likeness (QED) is 0.671. The topological polar surface area (TPSA) is 41.6 Å². The Morgan fingerprint density at radius 3 is 2.95 bits per heavy atom. The van der Waals surface area contributed by atoms with Crippen molar-refractivity contribution in [3.63, 3.8) is 0 Å². The number of hydrogen-bond acceptors (Lipinski definition) is 3. The molecule has 0 amide bonds. The minimum absolute atomic E-state index is 0.174. The molecule has 0 bridgehead atoms. The molecular formula is C16H14ClN3S. The highest BCUT2D eigenvalue weighted by molar-refractivity contribution is 7.07. The number of imidazole rings is 1. The zero-order valence-corrected chi connectivity index (χ0v) is 13.2. The number of nitrogens with zero attached hydrogens (tertiary/aromatic N) is 3. The highest BCUT2D eigenvalue weighted by Crippen LogP contribution is 2.28. The maximum atomic E-state index is 9.12. The Kier molecular flexibility index (Phi) is 3.96. The van der Waals surface area contributed by atoms with E-state index in [1.807, 2.05) is 12.1 Å². The molecule has 1 aromatic carbocycles. The molecule has 5 heteroatoms. The van der Waals surface area contributed by atoms with E-state index in [2.05, 4.69) is 39.4 Å². The van der Waals surface area contributed by atoms with Gasteiger partial charge in [-0.3, -0.25) is 0 Å². The van der Waals surface area contributed by atoms with Gasteiger partial charge in [-0.1, -0.05) is 0 Å². The first-order valence-electron chi connectivity index (χ1n) is 6.73. The van der Waals surface area contributed by atoms with E-state index in [1.165, 1.54) is 5.56 Å². The van der Waals surface area contributed by atoms with Crippen LogP contribution < -0.4 is 0 Å². The standard InChI is InChI=1S/C16H14ClN3S/c1-11(13-5-7-21-10-13)20-15-8-12(9-18)2-3-14(15)19-16(20)4-6-17/h2-3,5,7-8,10-11H,4,6H2,1H3. The number of halogens is 1. The molecular weight excluding hydrogens is 302 g/mol. The molecule has 0 fully saturated rings. The molecule has 0 aliphatic carbocycles. The summed E-state index contributed by atoms with van der Waals surface area (Å²) in [5, 5.41) is 13.3. The van der Waals surface area contributed by atoms with E-state index >= 15 is 0 Å². The largest absolute Gasteiger partial charge is 0.321 e. The highest BCUT2D eigenvalue weighted by Gasteiger charge is 2.17. The number of hydrogen-bond donors (Lipinski definition) is 0. The van der Waals surface area contributed by atoms with Gasteiger partial charge in [0, 0.05) is 12.3 Å². The van der Waals surface area contributed by atoms with Gasteiger partial charge in [-0.15, -0.1) is 11.6 Å².